The second-order valence-electron chi connectivity index (χ2n) is 9.20. The van der Waals surface area contributed by atoms with Crippen LogP contribution in [0.2, 0.25) is 0 Å². The molecule has 0 heterocycles. The summed E-state index contributed by atoms with van der Waals surface area (Å²) in [6.07, 6.45) is 18.2. The molecule has 2 saturated carbocycles. The van der Waals surface area contributed by atoms with E-state index in [1.54, 1.807) is 0 Å². The molecule has 27 heavy (non-hydrogen) atoms. The molecule has 0 aromatic carbocycles. The van der Waals surface area contributed by atoms with Gasteiger partial charge in [0.25, 0.3) is 0 Å². The summed E-state index contributed by atoms with van der Waals surface area (Å²) >= 11 is 0. The third-order valence-corrected chi connectivity index (χ3v) is 7.03. The molecule has 0 spiro atoms. The molecule has 0 aromatic heterocycles. The smallest absolute Gasteiger partial charge is 0.309 e. The fourth-order valence-electron chi connectivity index (χ4n) is 5.14. The lowest BCUT2D eigenvalue weighted by atomic mass is 9.71. The Labute approximate surface area is 167 Å². The van der Waals surface area contributed by atoms with Gasteiger partial charge in [0.05, 0.1) is 17.4 Å². The van der Waals surface area contributed by atoms with Gasteiger partial charge in [-0.15, -0.1) is 0 Å². The van der Waals surface area contributed by atoms with Gasteiger partial charge in [0.1, 0.15) is 6.10 Å². The maximum Gasteiger partial charge on any atom is 0.309 e. The van der Waals surface area contributed by atoms with Gasteiger partial charge in [0.15, 0.2) is 0 Å². The van der Waals surface area contributed by atoms with Gasteiger partial charge in [-0.05, 0) is 63.7 Å². The van der Waals surface area contributed by atoms with Gasteiger partial charge in [0, 0.05) is 0 Å². The number of carbonyl (C=O) groups excluding carboxylic acids is 1. The van der Waals surface area contributed by atoms with E-state index in [2.05, 4.69) is 19.9 Å². The number of carbonyl (C=O) groups is 1. The first-order valence-electron chi connectivity index (χ1n) is 11.7. The zero-order chi connectivity index (χ0) is 19.5. The van der Waals surface area contributed by atoms with Crippen molar-refractivity contribution < 1.29 is 9.53 Å². The Bertz CT molecular complexity index is 465. The van der Waals surface area contributed by atoms with E-state index in [1.807, 2.05) is 0 Å². The van der Waals surface area contributed by atoms with Crippen molar-refractivity contribution in [1.29, 1.82) is 5.26 Å². The van der Waals surface area contributed by atoms with E-state index in [4.69, 9.17) is 4.74 Å². The van der Waals surface area contributed by atoms with E-state index >= 15 is 0 Å². The Morgan fingerprint density at radius 2 is 1.63 bits per heavy atom. The first kappa shape index (κ1) is 22.3. The summed E-state index contributed by atoms with van der Waals surface area (Å²) in [5, 5.41) is 9.52. The second-order valence-corrected chi connectivity index (χ2v) is 9.20. The van der Waals surface area contributed by atoms with Crippen LogP contribution < -0.4 is 0 Å². The Hall–Kier alpha value is -1.04. The molecule has 2 aliphatic rings. The highest BCUT2D eigenvalue weighted by atomic mass is 16.5. The van der Waals surface area contributed by atoms with Crippen molar-refractivity contribution in [2.24, 2.45) is 17.3 Å². The van der Waals surface area contributed by atoms with Gasteiger partial charge in [-0.2, -0.15) is 5.26 Å². The Balaban J connectivity index is 1.63. The molecule has 0 radical (unpaired) electrons. The predicted molar refractivity (Wildman–Crippen MR) is 110 cm³/mol. The minimum Gasteiger partial charge on any atom is -0.462 e. The molecule has 0 saturated heterocycles. The number of unbranched alkanes of at least 4 members (excludes halogenated alkanes) is 4. The minimum absolute atomic E-state index is 0.0429. The third-order valence-electron chi connectivity index (χ3n) is 7.03. The maximum absolute atomic E-state index is 12.6. The molecule has 0 unspecified atom stereocenters. The van der Waals surface area contributed by atoms with Crippen molar-refractivity contribution >= 4 is 5.97 Å². The van der Waals surface area contributed by atoms with Crippen LogP contribution in [0, 0.1) is 28.6 Å². The monoisotopic (exact) mass is 375 g/mol. The van der Waals surface area contributed by atoms with Crippen LogP contribution in [0.1, 0.15) is 117 Å². The lowest BCUT2D eigenvalue weighted by molar-refractivity contribution is -0.158. The summed E-state index contributed by atoms with van der Waals surface area (Å²) in [6.45, 7) is 4.41. The lowest BCUT2D eigenvalue weighted by Crippen LogP contribution is -2.33. The normalized spacial score (nSPS) is 31.2. The molecule has 0 aromatic rings. The number of esters is 1. The van der Waals surface area contributed by atoms with E-state index in [9.17, 15) is 10.1 Å². The average molecular weight is 376 g/mol. The Morgan fingerprint density at radius 3 is 2.22 bits per heavy atom. The molecular weight excluding hydrogens is 334 g/mol. The summed E-state index contributed by atoms with van der Waals surface area (Å²) in [4.78, 5) is 12.6. The fourth-order valence-corrected chi connectivity index (χ4v) is 5.14. The van der Waals surface area contributed by atoms with Crippen LogP contribution in [-0.4, -0.2) is 12.1 Å². The van der Waals surface area contributed by atoms with Crippen LogP contribution in [0.5, 0.6) is 0 Å². The molecule has 3 heteroatoms. The standard InChI is InChI=1S/C24H41NO2/c1-3-5-6-7-8-9-20-10-12-21(13-11-20)23(26)27-22-14-17-24(19-25,16-4-2)18-15-22/h20-22H,3-18H2,1-2H3. The van der Waals surface area contributed by atoms with Crippen molar-refractivity contribution in [2.75, 3.05) is 0 Å². The Kier molecular flexibility index (Phi) is 9.66. The van der Waals surface area contributed by atoms with E-state index < -0.39 is 0 Å². The average Bonchev–Trinajstić information content (AvgIpc) is 2.70. The van der Waals surface area contributed by atoms with Gasteiger partial charge in [0.2, 0.25) is 0 Å². The molecule has 2 rings (SSSR count). The SMILES string of the molecule is CCCCCCCC1CCC(C(=O)OC2CCC(C#N)(CCC)CC2)CC1. The van der Waals surface area contributed by atoms with Crippen molar-refractivity contribution in [3.05, 3.63) is 0 Å². The second kappa shape index (κ2) is 11.7. The van der Waals surface area contributed by atoms with Crippen LogP contribution >= 0.6 is 0 Å². The van der Waals surface area contributed by atoms with Crippen LogP contribution in [-0.2, 0) is 9.53 Å². The van der Waals surface area contributed by atoms with Crippen LogP contribution in [0.25, 0.3) is 0 Å². The van der Waals surface area contributed by atoms with E-state index in [-0.39, 0.29) is 23.4 Å². The highest BCUT2D eigenvalue weighted by molar-refractivity contribution is 5.72. The van der Waals surface area contributed by atoms with Gasteiger partial charge < -0.3 is 4.74 Å². The molecular formula is C24H41NO2. The highest BCUT2D eigenvalue weighted by Crippen LogP contribution is 2.41. The molecule has 2 aliphatic carbocycles. The van der Waals surface area contributed by atoms with Gasteiger partial charge in [-0.3, -0.25) is 4.79 Å². The molecule has 0 bridgehead atoms. The highest BCUT2D eigenvalue weighted by Gasteiger charge is 2.37. The van der Waals surface area contributed by atoms with Gasteiger partial charge >= 0.3 is 5.97 Å². The molecule has 0 aliphatic heterocycles. The topological polar surface area (TPSA) is 50.1 Å². The van der Waals surface area contributed by atoms with Crippen LogP contribution in [0.3, 0.4) is 0 Å². The zero-order valence-corrected chi connectivity index (χ0v) is 17.8. The maximum atomic E-state index is 12.6. The molecule has 3 nitrogen and oxygen atoms in total. The third kappa shape index (κ3) is 7.13. The summed E-state index contributed by atoms with van der Waals surface area (Å²) in [7, 11) is 0. The van der Waals surface area contributed by atoms with Crippen molar-refractivity contribution in [3.8, 4) is 6.07 Å². The van der Waals surface area contributed by atoms with Crippen molar-refractivity contribution in [2.45, 2.75) is 123 Å². The van der Waals surface area contributed by atoms with Crippen LogP contribution in [0.15, 0.2) is 0 Å². The zero-order valence-electron chi connectivity index (χ0n) is 17.8. The van der Waals surface area contributed by atoms with E-state index in [0.29, 0.717) is 0 Å². The minimum atomic E-state index is -0.160. The summed E-state index contributed by atoms with van der Waals surface area (Å²) in [5.41, 5.74) is -0.160. The number of nitrogens with zero attached hydrogens (tertiary/aromatic N) is 1. The van der Waals surface area contributed by atoms with Gasteiger partial charge in [-0.1, -0.05) is 58.8 Å². The first-order valence-corrected chi connectivity index (χ1v) is 11.7. The van der Waals surface area contributed by atoms with Gasteiger partial charge in [-0.25, -0.2) is 0 Å². The largest absolute Gasteiger partial charge is 0.462 e. The van der Waals surface area contributed by atoms with Crippen molar-refractivity contribution in [1.82, 2.24) is 0 Å². The Morgan fingerprint density at radius 1 is 0.963 bits per heavy atom. The summed E-state index contributed by atoms with van der Waals surface area (Å²) in [5.74, 6) is 0.997. The summed E-state index contributed by atoms with van der Waals surface area (Å²) < 4.78 is 5.86. The predicted octanol–water partition coefficient (Wildman–Crippen LogP) is 6.95. The molecule has 2 fully saturated rings. The molecule has 0 atom stereocenters. The number of hydrogen-bond acceptors (Lipinski definition) is 3. The van der Waals surface area contributed by atoms with Crippen LogP contribution in [0.4, 0.5) is 0 Å². The summed E-state index contributed by atoms with van der Waals surface area (Å²) in [6, 6.07) is 2.55. The molecule has 154 valence electrons. The van der Waals surface area contributed by atoms with E-state index in [0.717, 1.165) is 57.3 Å². The first-order chi connectivity index (χ1) is 13.1. The fraction of sp³-hybridized carbons (Fsp3) is 0.917. The van der Waals surface area contributed by atoms with E-state index in [1.165, 1.54) is 51.4 Å². The number of hydrogen-bond donors (Lipinski definition) is 0. The molecule has 0 amide bonds. The molecule has 0 N–H and O–H groups in total. The number of nitriles is 1. The number of rotatable bonds is 10. The number of ether oxygens (including phenoxy) is 1. The quantitative estimate of drug-likeness (QED) is 0.306. The lowest BCUT2D eigenvalue weighted by Gasteiger charge is -2.35. The van der Waals surface area contributed by atoms with Crippen molar-refractivity contribution in [3.63, 3.8) is 0 Å².